The lowest BCUT2D eigenvalue weighted by atomic mass is 9.94. The van der Waals surface area contributed by atoms with Crippen LogP contribution in [0.2, 0.25) is 0 Å². The van der Waals surface area contributed by atoms with E-state index in [4.69, 9.17) is 0 Å². The first kappa shape index (κ1) is 15.9. The number of benzene rings is 2. The van der Waals surface area contributed by atoms with Crippen LogP contribution in [0.4, 0.5) is 0 Å². The molecule has 1 fully saturated rings. The Bertz CT molecular complexity index is 652. The highest BCUT2D eigenvalue weighted by Crippen LogP contribution is 2.29. The van der Waals surface area contributed by atoms with E-state index < -0.39 is 0 Å². The molecule has 2 aromatic rings. The standard InChI is InChI=1S/C22H28N2/c1-2-8-18(9-3-1)16-20-11-6-7-14-24(20)15-13-22-21-12-5-4-10-19(21)17-23-22/h1-5,8-10,12,20,22-23H,6-7,11,13-17H2. The van der Waals surface area contributed by atoms with Crippen LogP contribution in [0.5, 0.6) is 0 Å². The van der Waals surface area contributed by atoms with Gasteiger partial charge in [0, 0.05) is 25.2 Å². The third kappa shape index (κ3) is 3.55. The van der Waals surface area contributed by atoms with E-state index in [0.29, 0.717) is 6.04 Å². The monoisotopic (exact) mass is 320 g/mol. The Morgan fingerprint density at radius 1 is 0.958 bits per heavy atom. The quantitative estimate of drug-likeness (QED) is 0.883. The lowest BCUT2D eigenvalue weighted by Gasteiger charge is -2.36. The largest absolute Gasteiger partial charge is 0.306 e. The van der Waals surface area contributed by atoms with Crippen LogP contribution in [-0.4, -0.2) is 24.0 Å². The number of nitrogens with zero attached hydrogens (tertiary/aromatic N) is 1. The molecule has 126 valence electrons. The number of fused-ring (bicyclic) bond motifs is 1. The van der Waals surface area contributed by atoms with Crippen LogP contribution in [0.25, 0.3) is 0 Å². The molecule has 1 saturated heterocycles. The molecule has 2 atom stereocenters. The van der Waals surface area contributed by atoms with Gasteiger partial charge in [-0.2, -0.15) is 0 Å². The minimum atomic E-state index is 0.542. The van der Waals surface area contributed by atoms with Gasteiger partial charge in [0.2, 0.25) is 0 Å². The number of nitrogens with one attached hydrogen (secondary N) is 1. The maximum atomic E-state index is 3.70. The third-order valence-electron chi connectivity index (χ3n) is 5.74. The Labute approximate surface area is 145 Å². The second-order valence-corrected chi connectivity index (χ2v) is 7.30. The predicted molar refractivity (Wildman–Crippen MR) is 100.0 cm³/mol. The minimum Gasteiger partial charge on any atom is -0.306 e. The summed E-state index contributed by atoms with van der Waals surface area (Å²) in [5.41, 5.74) is 4.50. The zero-order valence-electron chi connectivity index (χ0n) is 14.5. The molecule has 2 heteroatoms. The number of piperidine rings is 1. The zero-order chi connectivity index (χ0) is 16.2. The summed E-state index contributed by atoms with van der Waals surface area (Å²) in [4.78, 5) is 2.75. The van der Waals surface area contributed by atoms with Crippen LogP contribution in [0.3, 0.4) is 0 Å². The fourth-order valence-electron chi connectivity index (χ4n) is 4.40. The smallest absolute Gasteiger partial charge is 0.0338 e. The van der Waals surface area contributed by atoms with Crippen LogP contribution in [-0.2, 0) is 13.0 Å². The number of likely N-dealkylation sites (tertiary alicyclic amines) is 1. The van der Waals surface area contributed by atoms with Gasteiger partial charge in [0.1, 0.15) is 0 Å². The molecular formula is C22H28N2. The summed E-state index contributed by atoms with van der Waals surface area (Å²) in [6.45, 7) is 3.52. The third-order valence-corrected chi connectivity index (χ3v) is 5.74. The highest BCUT2D eigenvalue weighted by atomic mass is 15.2. The van der Waals surface area contributed by atoms with Crippen molar-refractivity contribution in [3.8, 4) is 0 Å². The van der Waals surface area contributed by atoms with Crippen molar-refractivity contribution in [1.82, 2.24) is 10.2 Å². The Morgan fingerprint density at radius 3 is 2.71 bits per heavy atom. The van der Waals surface area contributed by atoms with Crippen LogP contribution in [0, 0.1) is 0 Å². The normalized spacial score (nSPS) is 24.0. The second kappa shape index (κ2) is 7.50. The fraction of sp³-hybridized carbons (Fsp3) is 0.455. The van der Waals surface area contributed by atoms with Crippen molar-refractivity contribution in [2.45, 2.75) is 50.7 Å². The molecule has 0 saturated carbocycles. The first-order valence-electron chi connectivity index (χ1n) is 9.49. The van der Waals surface area contributed by atoms with Gasteiger partial charge in [-0.05, 0) is 48.9 Å². The van der Waals surface area contributed by atoms with Crippen LogP contribution in [0.1, 0.15) is 48.4 Å². The molecule has 0 spiro atoms. The minimum absolute atomic E-state index is 0.542. The van der Waals surface area contributed by atoms with Gasteiger partial charge in [-0.3, -0.25) is 4.90 Å². The molecule has 0 amide bonds. The molecule has 2 aliphatic rings. The number of hydrogen-bond donors (Lipinski definition) is 1. The van der Waals surface area contributed by atoms with Gasteiger partial charge in [-0.15, -0.1) is 0 Å². The van der Waals surface area contributed by atoms with E-state index in [1.165, 1.54) is 61.9 Å². The van der Waals surface area contributed by atoms with Crippen molar-refractivity contribution in [3.05, 3.63) is 71.3 Å². The van der Waals surface area contributed by atoms with Crippen molar-refractivity contribution < 1.29 is 0 Å². The lowest BCUT2D eigenvalue weighted by molar-refractivity contribution is 0.141. The van der Waals surface area contributed by atoms with E-state index >= 15 is 0 Å². The molecule has 2 aromatic carbocycles. The number of hydrogen-bond acceptors (Lipinski definition) is 2. The molecule has 0 radical (unpaired) electrons. The van der Waals surface area contributed by atoms with Gasteiger partial charge < -0.3 is 5.32 Å². The molecular weight excluding hydrogens is 292 g/mol. The summed E-state index contributed by atoms with van der Waals surface area (Å²) in [5.74, 6) is 0. The van der Waals surface area contributed by atoms with E-state index in [1.807, 2.05) is 0 Å². The second-order valence-electron chi connectivity index (χ2n) is 7.30. The maximum absolute atomic E-state index is 3.70. The zero-order valence-corrected chi connectivity index (χ0v) is 14.5. The number of rotatable bonds is 5. The predicted octanol–water partition coefficient (Wildman–Crippen LogP) is 4.32. The van der Waals surface area contributed by atoms with Crippen molar-refractivity contribution in [2.24, 2.45) is 0 Å². The Balaban J connectivity index is 1.37. The van der Waals surface area contributed by atoms with E-state index in [9.17, 15) is 0 Å². The van der Waals surface area contributed by atoms with Crippen LogP contribution >= 0.6 is 0 Å². The summed E-state index contributed by atoms with van der Waals surface area (Å²) < 4.78 is 0. The molecule has 24 heavy (non-hydrogen) atoms. The van der Waals surface area contributed by atoms with E-state index in [2.05, 4.69) is 64.8 Å². The maximum Gasteiger partial charge on any atom is 0.0338 e. The van der Waals surface area contributed by atoms with Gasteiger partial charge in [-0.1, -0.05) is 61.0 Å². The lowest BCUT2D eigenvalue weighted by Crippen LogP contribution is -2.42. The first-order chi connectivity index (χ1) is 11.9. The van der Waals surface area contributed by atoms with Gasteiger partial charge in [0.15, 0.2) is 0 Å². The van der Waals surface area contributed by atoms with Crippen LogP contribution < -0.4 is 5.32 Å². The molecule has 2 unspecified atom stereocenters. The molecule has 2 nitrogen and oxygen atoms in total. The van der Waals surface area contributed by atoms with Crippen molar-refractivity contribution in [1.29, 1.82) is 0 Å². The molecule has 0 aliphatic carbocycles. The van der Waals surface area contributed by atoms with Gasteiger partial charge in [0.05, 0.1) is 0 Å². The van der Waals surface area contributed by atoms with Gasteiger partial charge >= 0.3 is 0 Å². The summed E-state index contributed by atoms with van der Waals surface area (Å²) in [7, 11) is 0. The molecule has 2 heterocycles. The van der Waals surface area contributed by atoms with Crippen molar-refractivity contribution >= 4 is 0 Å². The average Bonchev–Trinajstić information content (AvgIpc) is 3.05. The SMILES string of the molecule is c1ccc(CC2CCCCN2CCC2NCc3ccccc32)cc1. The van der Waals surface area contributed by atoms with E-state index in [-0.39, 0.29) is 0 Å². The average molecular weight is 320 g/mol. The molecule has 4 rings (SSSR count). The molecule has 0 aromatic heterocycles. The van der Waals surface area contributed by atoms with Gasteiger partial charge in [0.25, 0.3) is 0 Å². The molecule has 0 bridgehead atoms. The van der Waals surface area contributed by atoms with Crippen molar-refractivity contribution in [2.75, 3.05) is 13.1 Å². The summed E-state index contributed by atoms with van der Waals surface area (Å²) in [5, 5.41) is 3.70. The Kier molecular flexibility index (Phi) is 4.96. The topological polar surface area (TPSA) is 15.3 Å². The van der Waals surface area contributed by atoms with Crippen LogP contribution in [0.15, 0.2) is 54.6 Å². The Hall–Kier alpha value is -1.64. The van der Waals surface area contributed by atoms with E-state index in [1.54, 1.807) is 0 Å². The van der Waals surface area contributed by atoms with Crippen molar-refractivity contribution in [3.63, 3.8) is 0 Å². The highest BCUT2D eigenvalue weighted by molar-refractivity contribution is 5.33. The summed E-state index contributed by atoms with van der Waals surface area (Å²) in [6.07, 6.45) is 6.53. The fourth-order valence-corrected chi connectivity index (χ4v) is 4.40. The summed E-state index contributed by atoms with van der Waals surface area (Å²) in [6, 6.07) is 21.2. The summed E-state index contributed by atoms with van der Waals surface area (Å²) >= 11 is 0. The van der Waals surface area contributed by atoms with E-state index in [0.717, 1.165) is 12.6 Å². The first-order valence-corrected chi connectivity index (χ1v) is 9.49. The molecule has 2 aliphatic heterocycles. The Morgan fingerprint density at radius 2 is 1.79 bits per heavy atom. The molecule has 1 N–H and O–H groups in total. The highest BCUT2D eigenvalue weighted by Gasteiger charge is 2.26. The van der Waals surface area contributed by atoms with Gasteiger partial charge in [-0.25, -0.2) is 0 Å².